The molecule has 0 aromatic carbocycles. The number of aryl methyl sites for hydroxylation is 1. The quantitative estimate of drug-likeness (QED) is 0.258. The Balaban J connectivity index is 2.93. The number of hydrogen-bond acceptors (Lipinski definition) is 4. The number of hydrazine groups is 1. The van der Waals surface area contributed by atoms with Gasteiger partial charge in [0.1, 0.15) is 0 Å². The van der Waals surface area contributed by atoms with Gasteiger partial charge in [-0.2, -0.15) is 15.4 Å². The molecule has 0 unspecified atom stereocenters. The standard InChI is InChI=1S/C4H7N5O/c1-2-3(4(10)6-5)8-9-7-2/h5H2,1H3,(H,6,10)(H,7,8,9). The van der Waals surface area contributed by atoms with Crippen molar-refractivity contribution in [1.29, 1.82) is 0 Å². The average Bonchev–Trinajstić information content (AvgIpc) is 2.34. The first-order chi connectivity index (χ1) is 4.75. The van der Waals surface area contributed by atoms with Crippen LogP contribution in [0.5, 0.6) is 0 Å². The number of H-pyrrole nitrogens is 1. The summed E-state index contributed by atoms with van der Waals surface area (Å²) >= 11 is 0. The van der Waals surface area contributed by atoms with Gasteiger partial charge in [0.2, 0.25) is 0 Å². The number of amides is 1. The van der Waals surface area contributed by atoms with Crippen molar-refractivity contribution >= 4 is 5.91 Å². The van der Waals surface area contributed by atoms with E-state index in [0.29, 0.717) is 5.69 Å². The van der Waals surface area contributed by atoms with Crippen molar-refractivity contribution in [3.8, 4) is 0 Å². The van der Waals surface area contributed by atoms with Gasteiger partial charge in [-0.25, -0.2) is 5.84 Å². The zero-order valence-corrected chi connectivity index (χ0v) is 5.38. The lowest BCUT2D eigenvalue weighted by Crippen LogP contribution is -2.30. The lowest BCUT2D eigenvalue weighted by molar-refractivity contribution is 0.0948. The van der Waals surface area contributed by atoms with Crippen LogP contribution in [0.3, 0.4) is 0 Å². The average molecular weight is 141 g/mol. The van der Waals surface area contributed by atoms with E-state index >= 15 is 0 Å². The van der Waals surface area contributed by atoms with Gasteiger partial charge in [-0.15, -0.1) is 0 Å². The van der Waals surface area contributed by atoms with Gasteiger partial charge < -0.3 is 0 Å². The molecule has 0 atom stereocenters. The molecular weight excluding hydrogens is 134 g/mol. The lowest BCUT2D eigenvalue weighted by Gasteiger charge is -1.91. The second kappa shape index (κ2) is 2.44. The van der Waals surface area contributed by atoms with Crippen LogP contribution in [0, 0.1) is 6.92 Å². The van der Waals surface area contributed by atoms with E-state index in [-0.39, 0.29) is 5.69 Å². The van der Waals surface area contributed by atoms with E-state index in [4.69, 9.17) is 5.84 Å². The molecule has 0 spiro atoms. The van der Waals surface area contributed by atoms with Crippen LogP contribution in [0.1, 0.15) is 16.2 Å². The summed E-state index contributed by atoms with van der Waals surface area (Å²) in [5.74, 6) is 4.41. The smallest absolute Gasteiger partial charge is 0.287 e. The van der Waals surface area contributed by atoms with Crippen LogP contribution in [0.15, 0.2) is 0 Å². The largest absolute Gasteiger partial charge is 0.289 e. The van der Waals surface area contributed by atoms with Crippen LogP contribution in [0.4, 0.5) is 0 Å². The SMILES string of the molecule is Cc1n[nH]nc1C(=O)NN. The summed E-state index contributed by atoms with van der Waals surface area (Å²) < 4.78 is 0. The van der Waals surface area contributed by atoms with Gasteiger partial charge in [0, 0.05) is 0 Å². The summed E-state index contributed by atoms with van der Waals surface area (Å²) in [7, 11) is 0. The van der Waals surface area contributed by atoms with Crippen molar-refractivity contribution in [3.05, 3.63) is 11.4 Å². The maximum Gasteiger partial charge on any atom is 0.287 e. The number of hydrogen-bond donors (Lipinski definition) is 3. The Bertz CT molecular complexity index is 242. The third kappa shape index (κ3) is 0.960. The molecule has 54 valence electrons. The normalized spacial score (nSPS) is 9.40. The molecule has 0 saturated heterocycles. The minimum absolute atomic E-state index is 0.225. The monoisotopic (exact) mass is 141 g/mol. The molecule has 6 nitrogen and oxygen atoms in total. The third-order valence-corrected chi connectivity index (χ3v) is 1.07. The number of nitrogens with zero attached hydrogens (tertiary/aromatic N) is 2. The van der Waals surface area contributed by atoms with Gasteiger partial charge in [-0.05, 0) is 6.92 Å². The molecule has 0 aliphatic rings. The maximum absolute atomic E-state index is 10.7. The predicted octanol–water partition coefficient (Wildman–Crippen LogP) is -1.28. The van der Waals surface area contributed by atoms with Gasteiger partial charge in [0.25, 0.3) is 5.91 Å². The zero-order valence-electron chi connectivity index (χ0n) is 5.38. The highest BCUT2D eigenvalue weighted by Crippen LogP contribution is 1.95. The van der Waals surface area contributed by atoms with Crippen molar-refractivity contribution < 1.29 is 4.79 Å². The Morgan fingerprint density at radius 1 is 1.70 bits per heavy atom. The van der Waals surface area contributed by atoms with Crippen molar-refractivity contribution in [3.63, 3.8) is 0 Å². The number of aromatic nitrogens is 3. The summed E-state index contributed by atoms with van der Waals surface area (Å²) in [6.45, 7) is 1.66. The van der Waals surface area contributed by atoms with Crippen LogP contribution >= 0.6 is 0 Å². The molecule has 1 aromatic rings. The highest BCUT2D eigenvalue weighted by molar-refractivity contribution is 5.92. The molecule has 6 heteroatoms. The third-order valence-electron chi connectivity index (χ3n) is 1.07. The van der Waals surface area contributed by atoms with Crippen molar-refractivity contribution in [1.82, 2.24) is 20.8 Å². The lowest BCUT2D eigenvalue weighted by atomic mass is 10.3. The predicted molar refractivity (Wildman–Crippen MR) is 32.8 cm³/mol. The molecule has 1 amide bonds. The number of nitrogens with one attached hydrogen (secondary N) is 2. The summed E-state index contributed by atoms with van der Waals surface area (Å²) in [6.07, 6.45) is 0. The topological polar surface area (TPSA) is 96.7 Å². The van der Waals surface area contributed by atoms with Gasteiger partial charge >= 0.3 is 0 Å². The Morgan fingerprint density at radius 3 is 2.80 bits per heavy atom. The van der Waals surface area contributed by atoms with Gasteiger partial charge in [0.15, 0.2) is 5.69 Å². The fourth-order valence-corrected chi connectivity index (χ4v) is 0.567. The van der Waals surface area contributed by atoms with E-state index in [1.165, 1.54) is 0 Å². The second-order valence-electron chi connectivity index (χ2n) is 1.73. The Labute approximate surface area is 56.8 Å². The molecule has 0 aliphatic carbocycles. The number of carbonyl (C=O) groups is 1. The number of nitrogen functional groups attached to an aromatic ring is 1. The molecule has 1 aromatic heterocycles. The molecule has 0 saturated carbocycles. The first-order valence-electron chi connectivity index (χ1n) is 2.64. The van der Waals surface area contributed by atoms with Gasteiger partial charge in [-0.3, -0.25) is 10.2 Å². The van der Waals surface area contributed by atoms with Crippen molar-refractivity contribution in [2.45, 2.75) is 6.92 Å². The Kier molecular flexibility index (Phi) is 1.63. The summed E-state index contributed by atoms with van der Waals surface area (Å²) in [4.78, 5) is 10.7. The summed E-state index contributed by atoms with van der Waals surface area (Å²) in [5, 5.41) is 9.49. The number of rotatable bonds is 1. The molecule has 0 aliphatic heterocycles. The van der Waals surface area contributed by atoms with Crippen LogP contribution in [-0.2, 0) is 0 Å². The Hall–Kier alpha value is -1.43. The molecule has 1 rings (SSSR count). The van der Waals surface area contributed by atoms with Crippen LogP contribution in [-0.4, -0.2) is 21.3 Å². The van der Waals surface area contributed by atoms with Crippen LogP contribution in [0.2, 0.25) is 0 Å². The number of nitrogens with two attached hydrogens (primary N) is 1. The molecule has 0 bridgehead atoms. The minimum atomic E-state index is -0.439. The van der Waals surface area contributed by atoms with Crippen LogP contribution < -0.4 is 11.3 Å². The van der Waals surface area contributed by atoms with Gasteiger partial charge in [-0.1, -0.05) is 0 Å². The van der Waals surface area contributed by atoms with Crippen molar-refractivity contribution in [2.75, 3.05) is 0 Å². The summed E-state index contributed by atoms with van der Waals surface area (Å²) in [6, 6.07) is 0. The van der Waals surface area contributed by atoms with E-state index in [0.717, 1.165) is 0 Å². The summed E-state index contributed by atoms with van der Waals surface area (Å²) in [5.41, 5.74) is 2.70. The second-order valence-corrected chi connectivity index (χ2v) is 1.73. The van der Waals surface area contributed by atoms with Crippen molar-refractivity contribution in [2.24, 2.45) is 5.84 Å². The number of aromatic amines is 1. The van der Waals surface area contributed by atoms with E-state index in [1.54, 1.807) is 6.92 Å². The van der Waals surface area contributed by atoms with E-state index in [9.17, 15) is 4.79 Å². The van der Waals surface area contributed by atoms with E-state index in [1.807, 2.05) is 5.43 Å². The molecule has 0 fully saturated rings. The fraction of sp³-hybridized carbons (Fsp3) is 0.250. The van der Waals surface area contributed by atoms with Gasteiger partial charge in [0.05, 0.1) is 5.69 Å². The molecule has 0 radical (unpaired) electrons. The molecule has 4 N–H and O–H groups in total. The zero-order chi connectivity index (χ0) is 7.56. The highest BCUT2D eigenvalue weighted by Gasteiger charge is 2.10. The molecule has 10 heavy (non-hydrogen) atoms. The molecule has 1 heterocycles. The van der Waals surface area contributed by atoms with E-state index < -0.39 is 5.91 Å². The minimum Gasteiger partial charge on any atom is -0.289 e. The van der Waals surface area contributed by atoms with Crippen LogP contribution in [0.25, 0.3) is 0 Å². The first kappa shape index (κ1) is 6.69. The Morgan fingerprint density at radius 2 is 2.40 bits per heavy atom. The highest BCUT2D eigenvalue weighted by atomic mass is 16.2. The maximum atomic E-state index is 10.7. The molecular formula is C4H7N5O. The first-order valence-corrected chi connectivity index (χ1v) is 2.64. The number of carbonyl (C=O) groups excluding carboxylic acids is 1. The fourth-order valence-electron chi connectivity index (χ4n) is 0.567. The van der Waals surface area contributed by atoms with E-state index in [2.05, 4.69) is 15.4 Å².